The van der Waals surface area contributed by atoms with E-state index >= 15 is 0 Å². The molecule has 2 N–H and O–H groups in total. The number of nitrogens with one attached hydrogen (secondary N) is 1. The number of methoxy groups -OCH3 is 1. The summed E-state index contributed by atoms with van der Waals surface area (Å²) in [5, 5.41) is 19.8. The van der Waals surface area contributed by atoms with Crippen LogP contribution in [0.2, 0.25) is 5.02 Å². The lowest BCUT2D eigenvalue weighted by Gasteiger charge is -2.21. The van der Waals surface area contributed by atoms with E-state index in [1.165, 1.54) is 6.20 Å². The van der Waals surface area contributed by atoms with E-state index in [9.17, 15) is 15.2 Å². The first-order valence-electron chi connectivity index (χ1n) is 9.21. The van der Waals surface area contributed by atoms with Crippen LogP contribution in [0, 0.1) is 22.7 Å². The third kappa shape index (κ3) is 2.64. The molecule has 3 heterocycles. The lowest BCUT2D eigenvalue weighted by Crippen LogP contribution is -2.25. The van der Waals surface area contributed by atoms with E-state index in [1.54, 1.807) is 19.2 Å². The topological polar surface area (TPSA) is 102 Å². The maximum Gasteiger partial charge on any atom is 0.337 e. The molecule has 2 aliphatic rings. The molecule has 1 saturated heterocycles. The van der Waals surface area contributed by atoms with Crippen molar-refractivity contribution in [2.75, 3.05) is 25.1 Å². The van der Waals surface area contributed by atoms with Gasteiger partial charge < -0.3 is 19.7 Å². The molecule has 3 aromatic rings. The second-order valence-corrected chi connectivity index (χ2v) is 8.07. The highest BCUT2D eigenvalue weighted by Gasteiger charge is 2.61. The number of H-pyrrole nitrogens is 1. The summed E-state index contributed by atoms with van der Waals surface area (Å²) in [6, 6.07) is 9.67. The molecule has 2 aromatic heterocycles. The summed E-state index contributed by atoms with van der Waals surface area (Å²) < 4.78 is 5.53. The SMILES string of the molecule is COc1nc(N2CC3C[C@@]3(C#N)C2)ccc1-c1cc2c(C(=O)O)c[nH]c2cc1Cl. The summed E-state index contributed by atoms with van der Waals surface area (Å²) in [5.41, 5.74) is 1.94. The van der Waals surface area contributed by atoms with Crippen molar-refractivity contribution < 1.29 is 14.6 Å². The van der Waals surface area contributed by atoms with Gasteiger partial charge >= 0.3 is 5.97 Å². The van der Waals surface area contributed by atoms with Crippen molar-refractivity contribution in [3.63, 3.8) is 0 Å². The first-order valence-corrected chi connectivity index (χ1v) is 9.59. The number of nitrogens with zero attached hydrogens (tertiary/aromatic N) is 3. The molecule has 7 nitrogen and oxygen atoms in total. The summed E-state index contributed by atoms with van der Waals surface area (Å²) in [7, 11) is 1.54. The van der Waals surface area contributed by atoms with Crippen LogP contribution >= 0.6 is 11.6 Å². The first kappa shape index (κ1) is 17.8. The fourth-order valence-corrected chi connectivity index (χ4v) is 4.59. The lowest BCUT2D eigenvalue weighted by molar-refractivity contribution is 0.0699. The van der Waals surface area contributed by atoms with Crippen LogP contribution in [0.25, 0.3) is 22.0 Å². The van der Waals surface area contributed by atoms with Crippen molar-refractivity contribution in [1.82, 2.24) is 9.97 Å². The largest absolute Gasteiger partial charge is 0.480 e. The summed E-state index contributed by atoms with van der Waals surface area (Å²) in [5.74, 6) is 0.573. The van der Waals surface area contributed by atoms with E-state index in [1.807, 2.05) is 12.1 Å². The second-order valence-electron chi connectivity index (χ2n) is 7.66. The zero-order chi connectivity index (χ0) is 20.3. The Morgan fingerprint density at radius 2 is 2.28 bits per heavy atom. The van der Waals surface area contributed by atoms with Gasteiger partial charge in [0.15, 0.2) is 0 Å². The summed E-state index contributed by atoms with van der Waals surface area (Å²) >= 11 is 6.49. The van der Waals surface area contributed by atoms with Crippen molar-refractivity contribution in [2.45, 2.75) is 6.42 Å². The van der Waals surface area contributed by atoms with Gasteiger partial charge in [0.2, 0.25) is 5.88 Å². The fourth-order valence-electron chi connectivity index (χ4n) is 4.33. The molecule has 1 aliphatic carbocycles. The standard InChI is InChI=1S/C21H17ClN4O3/c1-29-19-12(2-3-18(25-19)26-8-11-6-21(11,9-23)10-26)13-4-14-15(20(27)28)7-24-17(14)5-16(13)22/h2-5,7,11,24H,6,8,10H2,1H3,(H,27,28)/t11?,21-/m1/s1. The third-order valence-electron chi connectivity index (χ3n) is 6.02. The van der Waals surface area contributed by atoms with Gasteiger partial charge in [-0.2, -0.15) is 10.2 Å². The number of aromatic carboxylic acids is 1. The molecule has 0 radical (unpaired) electrons. The van der Waals surface area contributed by atoms with Crippen LogP contribution < -0.4 is 9.64 Å². The molecule has 1 aromatic carbocycles. The quantitative estimate of drug-likeness (QED) is 0.677. The van der Waals surface area contributed by atoms with Gasteiger partial charge in [-0.15, -0.1) is 0 Å². The van der Waals surface area contributed by atoms with Gasteiger partial charge in [-0.3, -0.25) is 0 Å². The normalized spacial score (nSPS) is 22.4. The Morgan fingerprint density at radius 1 is 1.45 bits per heavy atom. The summed E-state index contributed by atoms with van der Waals surface area (Å²) in [4.78, 5) is 21.2. The minimum atomic E-state index is -1.01. The van der Waals surface area contributed by atoms with Crippen LogP contribution in [0.1, 0.15) is 16.8 Å². The number of carboxylic acid groups (broad SMARTS) is 1. The highest BCUT2D eigenvalue weighted by atomic mass is 35.5. The Labute approximate surface area is 171 Å². The van der Waals surface area contributed by atoms with E-state index in [0.29, 0.717) is 45.4 Å². The number of ether oxygens (including phenoxy) is 1. The number of piperidine rings is 1. The smallest absolute Gasteiger partial charge is 0.337 e. The number of carbonyl (C=O) groups is 1. The van der Waals surface area contributed by atoms with Gasteiger partial charge in [0, 0.05) is 41.3 Å². The molecule has 2 atom stereocenters. The molecule has 1 aliphatic heterocycles. The van der Waals surface area contributed by atoms with E-state index in [4.69, 9.17) is 16.3 Å². The number of benzene rings is 1. The van der Waals surface area contributed by atoms with Gasteiger partial charge in [0.1, 0.15) is 5.82 Å². The van der Waals surface area contributed by atoms with Gasteiger partial charge in [-0.05, 0) is 36.6 Å². The molecular weight excluding hydrogens is 392 g/mol. The number of carboxylic acids is 1. The van der Waals surface area contributed by atoms with Crippen molar-refractivity contribution >= 4 is 34.3 Å². The number of aromatic nitrogens is 2. The number of hydrogen-bond donors (Lipinski definition) is 2. The van der Waals surface area contributed by atoms with Crippen molar-refractivity contribution in [1.29, 1.82) is 5.26 Å². The zero-order valence-electron chi connectivity index (χ0n) is 15.6. The maximum absolute atomic E-state index is 11.5. The predicted octanol–water partition coefficient (Wildman–Crippen LogP) is 3.94. The molecule has 2 fully saturated rings. The molecule has 0 amide bonds. The number of halogens is 1. The van der Waals surface area contributed by atoms with Crippen LogP contribution in [-0.4, -0.2) is 41.2 Å². The second kappa shape index (κ2) is 6.13. The Hall–Kier alpha value is -3.24. The van der Waals surface area contributed by atoms with Crippen LogP contribution in [0.5, 0.6) is 5.88 Å². The van der Waals surface area contributed by atoms with Crippen LogP contribution in [0.15, 0.2) is 30.5 Å². The van der Waals surface area contributed by atoms with Gasteiger partial charge in [-0.25, -0.2) is 4.79 Å². The van der Waals surface area contributed by atoms with Crippen LogP contribution in [0.4, 0.5) is 5.82 Å². The number of anilines is 1. The molecular formula is C21H17ClN4O3. The Kier molecular flexibility index (Phi) is 3.77. The van der Waals surface area contributed by atoms with Crippen LogP contribution in [0.3, 0.4) is 0 Å². The lowest BCUT2D eigenvalue weighted by atomic mass is 10.0. The zero-order valence-corrected chi connectivity index (χ0v) is 16.3. The van der Waals surface area contributed by atoms with Gasteiger partial charge in [-0.1, -0.05) is 11.6 Å². The minimum absolute atomic E-state index is 0.180. The first-order chi connectivity index (χ1) is 14.0. The summed E-state index contributed by atoms with van der Waals surface area (Å²) in [6.45, 7) is 1.50. The number of nitriles is 1. The highest BCUT2D eigenvalue weighted by molar-refractivity contribution is 6.34. The molecule has 5 rings (SSSR count). The highest BCUT2D eigenvalue weighted by Crippen LogP contribution is 2.57. The average Bonchev–Trinajstić information content (AvgIpc) is 3.06. The number of rotatable bonds is 4. The molecule has 146 valence electrons. The number of aromatic amines is 1. The van der Waals surface area contributed by atoms with Crippen LogP contribution in [-0.2, 0) is 0 Å². The molecule has 1 unspecified atom stereocenters. The van der Waals surface area contributed by atoms with Gasteiger partial charge in [0.05, 0.1) is 29.2 Å². The van der Waals surface area contributed by atoms with E-state index in [0.717, 1.165) is 18.8 Å². The van der Waals surface area contributed by atoms with Crippen molar-refractivity contribution in [3.8, 4) is 23.1 Å². The predicted molar refractivity (Wildman–Crippen MR) is 108 cm³/mol. The fraction of sp³-hybridized carbons (Fsp3) is 0.286. The summed E-state index contributed by atoms with van der Waals surface area (Å²) in [6.07, 6.45) is 2.42. The maximum atomic E-state index is 11.5. The van der Waals surface area contributed by atoms with E-state index in [-0.39, 0.29) is 11.0 Å². The molecule has 8 heteroatoms. The van der Waals surface area contributed by atoms with Gasteiger partial charge in [0.25, 0.3) is 0 Å². The molecule has 0 bridgehead atoms. The monoisotopic (exact) mass is 408 g/mol. The van der Waals surface area contributed by atoms with E-state index in [2.05, 4.69) is 20.9 Å². The Bertz CT molecular complexity index is 1210. The third-order valence-corrected chi connectivity index (χ3v) is 6.33. The minimum Gasteiger partial charge on any atom is -0.480 e. The molecule has 29 heavy (non-hydrogen) atoms. The Balaban J connectivity index is 1.56. The average molecular weight is 409 g/mol. The molecule has 1 saturated carbocycles. The van der Waals surface area contributed by atoms with Crippen molar-refractivity contribution in [2.24, 2.45) is 11.3 Å². The number of hydrogen-bond acceptors (Lipinski definition) is 5. The van der Waals surface area contributed by atoms with E-state index < -0.39 is 5.97 Å². The Morgan fingerprint density at radius 3 is 2.97 bits per heavy atom. The molecule has 0 spiro atoms. The number of pyridine rings is 1. The van der Waals surface area contributed by atoms with Crippen molar-refractivity contribution in [3.05, 3.63) is 41.0 Å². The number of fused-ring (bicyclic) bond motifs is 2.